The molecule has 0 saturated heterocycles. The predicted molar refractivity (Wildman–Crippen MR) is 79.9 cm³/mol. The molecule has 19 heavy (non-hydrogen) atoms. The number of benzene rings is 1. The van der Waals surface area contributed by atoms with Gasteiger partial charge >= 0.3 is 0 Å². The first-order valence-corrected chi connectivity index (χ1v) is 6.27. The van der Waals surface area contributed by atoms with E-state index >= 15 is 0 Å². The van der Waals surface area contributed by atoms with Crippen LogP contribution in [0.1, 0.15) is 32.3 Å². The third kappa shape index (κ3) is 5.94. The van der Waals surface area contributed by atoms with Crippen molar-refractivity contribution in [3.8, 4) is 5.75 Å². The lowest BCUT2D eigenvalue weighted by molar-refractivity contribution is -0.122. The standard InChI is InChI=1S/C14H22N2O2.ClH/c1-10(2)12-6-4-5-7-13(12)18-9-8-16-14(17)11(3)15;/h4-7,10-11H,8-9,15H2,1-3H3,(H,16,17);1H. The van der Waals surface area contributed by atoms with Crippen LogP contribution in [-0.4, -0.2) is 25.1 Å². The monoisotopic (exact) mass is 286 g/mol. The van der Waals surface area contributed by atoms with Gasteiger partial charge in [-0.25, -0.2) is 0 Å². The highest BCUT2D eigenvalue weighted by Crippen LogP contribution is 2.25. The molecule has 0 saturated carbocycles. The number of hydrogen-bond acceptors (Lipinski definition) is 3. The first-order chi connectivity index (χ1) is 8.52. The molecule has 0 aliphatic carbocycles. The molecule has 0 radical (unpaired) electrons. The summed E-state index contributed by atoms with van der Waals surface area (Å²) in [5, 5.41) is 2.71. The van der Waals surface area contributed by atoms with Crippen LogP contribution in [0.2, 0.25) is 0 Å². The molecule has 1 unspecified atom stereocenters. The Morgan fingerprint density at radius 3 is 2.53 bits per heavy atom. The molecular formula is C14H23ClN2O2. The maximum absolute atomic E-state index is 11.2. The minimum atomic E-state index is -0.479. The van der Waals surface area contributed by atoms with Crippen molar-refractivity contribution in [2.24, 2.45) is 5.73 Å². The van der Waals surface area contributed by atoms with E-state index < -0.39 is 6.04 Å². The van der Waals surface area contributed by atoms with Crippen molar-refractivity contribution in [3.63, 3.8) is 0 Å². The van der Waals surface area contributed by atoms with Gasteiger partial charge in [-0.15, -0.1) is 12.4 Å². The Labute approximate surface area is 121 Å². The maximum atomic E-state index is 11.2. The van der Waals surface area contributed by atoms with E-state index in [2.05, 4.69) is 25.2 Å². The molecule has 1 amide bonds. The molecule has 1 aromatic carbocycles. The Morgan fingerprint density at radius 2 is 1.95 bits per heavy atom. The van der Waals surface area contributed by atoms with Gasteiger partial charge in [0.2, 0.25) is 5.91 Å². The van der Waals surface area contributed by atoms with Crippen molar-refractivity contribution in [2.45, 2.75) is 32.7 Å². The molecule has 0 aliphatic rings. The van der Waals surface area contributed by atoms with Crippen molar-refractivity contribution < 1.29 is 9.53 Å². The van der Waals surface area contributed by atoms with Crippen LogP contribution >= 0.6 is 12.4 Å². The fourth-order valence-corrected chi connectivity index (χ4v) is 1.59. The van der Waals surface area contributed by atoms with E-state index in [1.807, 2.05) is 18.2 Å². The van der Waals surface area contributed by atoms with E-state index in [0.717, 1.165) is 5.75 Å². The van der Waals surface area contributed by atoms with E-state index in [9.17, 15) is 4.79 Å². The van der Waals surface area contributed by atoms with Crippen molar-refractivity contribution in [1.82, 2.24) is 5.32 Å². The van der Waals surface area contributed by atoms with Crippen LogP contribution in [-0.2, 0) is 4.79 Å². The van der Waals surface area contributed by atoms with Crippen LogP contribution in [0, 0.1) is 0 Å². The average molecular weight is 287 g/mol. The second-order valence-corrected chi connectivity index (χ2v) is 4.62. The number of nitrogens with two attached hydrogens (primary N) is 1. The normalized spacial score (nSPS) is 11.6. The smallest absolute Gasteiger partial charge is 0.236 e. The number of halogens is 1. The molecule has 0 fully saturated rings. The first kappa shape index (κ1) is 17.7. The van der Waals surface area contributed by atoms with Crippen LogP contribution in [0.5, 0.6) is 5.75 Å². The molecule has 5 heteroatoms. The number of rotatable bonds is 6. The zero-order chi connectivity index (χ0) is 13.5. The summed E-state index contributed by atoms with van der Waals surface area (Å²) in [6.45, 7) is 6.82. The van der Waals surface area contributed by atoms with E-state index in [-0.39, 0.29) is 18.3 Å². The average Bonchev–Trinajstić information content (AvgIpc) is 2.34. The summed E-state index contributed by atoms with van der Waals surface area (Å²) >= 11 is 0. The minimum Gasteiger partial charge on any atom is -0.491 e. The van der Waals surface area contributed by atoms with Gasteiger partial charge in [0.1, 0.15) is 12.4 Å². The molecular weight excluding hydrogens is 264 g/mol. The number of nitrogens with one attached hydrogen (secondary N) is 1. The Balaban J connectivity index is 0.00000324. The minimum absolute atomic E-state index is 0. The Morgan fingerprint density at radius 1 is 1.32 bits per heavy atom. The fourth-order valence-electron chi connectivity index (χ4n) is 1.59. The predicted octanol–water partition coefficient (Wildman–Crippen LogP) is 2.07. The molecule has 0 spiro atoms. The zero-order valence-corrected chi connectivity index (χ0v) is 12.5. The number of hydrogen-bond donors (Lipinski definition) is 2. The molecule has 1 rings (SSSR count). The van der Waals surface area contributed by atoms with Gasteiger partial charge in [0.05, 0.1) is 12.6 Å². The number of ether oxygens (including phenoxy) is 1. The van der Waals surface area contributed by atoms with Crippen LogP contribution < -0.4 is 15.8 Å². The highest BCUT2D eigenvalue weighted by molar-refractivity contribution is 5.85. The lowest BCUT2D eigenvalue weighted by Crippen LogP contribution is -2.40. The molecule has 4 nitrogen and oxygen atoms in total. The van der Waals surface area contributed by atoms with E-state index in [1.165, 1.54) is 5.56 Å². The number of amides is 1. The molecule has 0 aliphatic heterocycles. The van der Waals surface area contributed by atoms with E-state index in [4.69, 9.17) is 10.5 Å². The van der Waals surface area contributed by atoms with Crippen LogP contribution in [0.15, 0.2) is 24.3 Å². The Hall–Kier alpha value is -1.26. The van der Waals surface area contributed by atoms with Crippen LogP contribution in [0.25, 0.3) is 0 Å². The lowest BCUT2D eigenvalue weighted by Gasteiger charge is -2.14. The lowest BCUT2D eigenvalue weighted by atomic mass is 10.0. The van der Waals surface area contributed by atoms with Gasteiger partial charge in [-0.3, -0.25) is 4.79 Å². The highest BCUT2D eigenvalue weighted by atomic mass is 35.5. The largest absolute Gasteiger partial charge is 0.491 e. The number of para-hydroxylation sites is 1. The van der Waals surface area contributed by atoms with Crippen molar-refractivity contribution in [1.29, 1.82) is 0 Å². The van der Waals surface area contributed by atoms with Gasteiger partial charge in [-0.1, -0.05) is 32.0 Å². The molecule has 1 atom stereocenters. The summed E-state index contributed by atoms with van der Waals surface area (Å²) in [5.74, 6) is 1.14. The summed E-state index contributed by atoms with van der Waals surface area (Å²) in [5.41, 5.74) is 6.62. The maximum Gasteiger partial charge on any atom is 0.236 e. The molecule has 3 N–H and O–H groups in total. The fraction of sp³-hybridized carbons (Fsp3) is 0.500. The van der Waals surface area contributed by atoms with Gasteiger partial charge in [0.25, 0.3) is 0 Å². The molecule has 0 aromatic heterocycles. The second-order valence-electron chi connectivity index (χ2n) is 4.62. The van der Waals surface area contributed by atoms with Gasteiger partial charge in [-0.05, 0) is 24.5 Å². The third-order valence-electron chi connectivity index (χ3n) is 2.61. The van der Waals surface area contributed by atoms with Crippen LogP contribution in [0.3, 0.4) is 0 Å². The van der Waals surface area contributed by atoms with Crippen molar-refractivity contribution in [3.05, 3.63) is 29.8 Å². The second kappa shape index (κ2) is 8.77. The van der Waals surface area contributed by atoms with Gasteiger partial charge in [0, 0.05) is 0 Å². The number of carbonyl (C=O) groups excluding carboxylic acids is 1. The van der Waals surface area contributed by atoms with Gasteiger partial charge in [-0.2, -0.15) is 0 Å². The first-order valence-electron chi connectivity index (χ1n) is 6.27. The Bertz CT molecular complexity index is 395. The van der Waals surface area contributed by atoms with Crippen molar-refractivity contribution >= 4 is 18.3 Å². The summed E-state index contributed by atoms with van der Waals surface area (Å²) in [6.07, 6.45) is 0. The summed E-state index contributed by atoms with van der Waals surface area (Å²) in [7, 11) is 0. The number of carbonyl (C=O) groups is 1. The topological polar surface area (TPSA) is 64.4 Å². The van der Waals surface area contributed by atoms with Gasteiger partial charge in [0.15, 0.2) is 0 Å². The summed E-state index contributed by atoms with van der Waals surface area (Å²) < 4.78 is 5.67. The molecule has 0 heterocycles. The SMILES string of the molecule is CC(N)C(=O)NCCOc1ccccc1C(C)C.Cl. The zero-order valence-electron chi connectivity index (χ0n) is 11.7. The third-order valence-corrected chi connectivity index (χ3v) is 2.61. The molecule has 108 valence electrons. The summed E-state index contributed by atoms with van der Waals surface area (Å²) in [4.78, 5) is 11.2. The molecule has 0 bridgehead atoms. The quantitative estimate of drug-likeness (QED) is 0.787. The molecule has 1 aromatic rings. The van der Waals surface area contributed by atoms with Crippen molar-refractivity contribution in [2.75, 3.05) is 13.2 Å². The summed E-state index contributed by atoms with van der Waals surface area (Å²) in [6, 6.07) is 7.47. The highest BCUT2D eigenvalue weighted by Gasteiger charge is 2.08. The van der Waals surface area contributed by atoms with Gasteiger partial charge < -0.3 is 15.8 Å². The van der Waals surface area contributed by atoms with Crippen LogP contribution in [0.4, 0.5) is 0 Å². The Kier molecular flexibility index (Phi) is 8.19. The van der Waals surface area contributed by atoms with E-state index in [1.54, 1.807) is 6.92 Å². The van der Waals surface area contributed by atoms with E-state index in [0.29, 0.717) is 19.1 Å².